The first-order valence-electron chi connectivity index (χ1n) is 7.58. The molecule has 2 amide bonds. The number of benzene rings is 1. The number of halogens is 2. The Morgan fingerprint density at radius 3 is 2.67 bits per heavy atom. The highest BCUT2D eigenvalue weighted by atomic mass is 35.5. The Morgan fingerprint density at radius 2 is 2.04 bits per heavy atom. The minimum absolute atomic E-state index is 0.136. The fraction of sp³-hybridized carbons (Fsp3) is 0.533. The van der Waals surface area contributed by atoms with Gasteiger partial charge in [0.2, 0.25) is 0 Å². The largest absolute Gasteiger partial charge is 0.337 e. The number of rotatable bonds is 5. The molecule has 0 aliphatic carbocycles. The first-order chi connectivity index (χ1) is 11.2. The van der Waals surface area contributed by atoms with E-state index in [9.17, 15) is 13.2 Å². The third kappa shape index (κ3) is 4.53. The van der Waals surface area contributed by atoms with Gasteiger partial charge in [-0.3, -0.25) is 0 Å². The van der Waals surface area contributed by atoms with Gasteiger partial charge >= 0.3 is 6.03 Å². The lowest BCUT2D eigenvalue weighted by Crippen LogP contribution is -2.42. The number of urea groups is 1. The first kappa shape index (κ1) is 19.3. The van der Waals surface area contributed by atoms with Crippen LogP contribution < -0.4 is 5.32 Å². The molecule has 6 nitrogen and oxygen atoms in total. The van der Waals surface area contributed by atoms with Crippen molar-refractivity contribution in [3.63, 3.8) is 0 Å². The van der Waals surface area contributed by atoms with E-state index in [-0.39, 0.29) is 22.5 Å². The number of sulfone groups is 1. The SMILES string of the molecule is CN(C)CCNC(=O)N1CCC(S(=O)(=O)c2ccc(Cl)c(Cl)c2)C1. The lowest BCUT2D eigenvalue weighted by Gasteiger charge is -2.18. The Bertz CT molecular complexity index is 710. The average molecular weight is 394 g/mol. The van der Waals surface area contributed by atoms with Crippen LogP contribution >= 0.6 is 23.2 Å². The van der Waals surface area contributed by atoms with Crippen molar-refractivity contribution in [1.82, 2.24) is 15.1 Å². The van der Waals surface area contributed by atoms with E-state index in [1.807, 2.05) is 19.0 Å². The van der Waals surface area contributed by atoms with Crippen molar-refractivity contribution in [3.8, 4) is 0 Å². The summed E-state index contributed by atoms with van der Waals surface area (Å²) in [7, 11) is 0.286. The molecular weight excluding hydrogens is 373 g/mol. The molecule has 1 fully saturated rings. The second-order valence-corrected chi connectivity index (χ2v) is 9.06. The van der Waals surface area contributed by atoms with Gasteiger partial charge in [0.15, 0.2) is 9.84 Å². The Kier molecular flexibility index (Phi) is 6.36. The van der Waals surface area contributed by atoms with E-state index in [2.05, 4.69) is 5.32 Å². The van der Waals surface area contributed by atoms with Crippen LogP contribution in [0.4, 0.5) is 4.79 Å². The quantitative estimate of drug-likeness (QED) is 0.831. The maximum absolute atomic E-state index is 12.7. The normalized spacial score (nSPS) is 18.2. The van der Waals surface area contributed by atoms with Crippen molar-refractivity contribution < 1.29 is 13.2 Å². The lowest BCUT2D eigenvalue weighted by molar-refractivity contribution is 0.207. The maximum atomic E-state index is 12.7. The molecule has 1 aromatic carbocycles. The van der Waals surface area contributed by atoms with Gasteiger partial charge in [-0.05, 0) is 38.7 Å². The van der Waals surface area contributed by atoms with E-state index < -0.39 is 15.1 Å². The minimum atomic E-state index is -3.55. The Hall–Kier alpha value is -1.02. The second kappa shape index (κ2) is 7.91. The van der Waals surface area contributed by atoms with Gasteiger partial charge in [0, 0.05) is 26.2 Å². The average Bonchev–Trinajstić information content (AvgIpc) is 3.00. The van der Waals surface area contributed by atoms with E-state index >= 15 is 0 Å². The lowest BCUT2D eigenvalue weighted by atomic mass is 10.4. The summed E-state index contributed by atoms with van der Waals surface area (Å²) in [5.41, 5.74) is 0. The maximum Gasteiger partial charge on any atom is 0.317 e. The minimum Gasteiger partial charge on any atom is -0.337 e. The van der Waals surface area contributed by atoms with E-state index in [1.54, 1.807) is 0 Å². The molecule has 1 aliphatic rings. The highest BCUT2D eigenvalue weighted by Crippen LogP contribution is 2.29. The van der Waals surface area contributed by atoms with Crippen LogP contribution in [-0.2, 0) is 9.84 Å². The summed E-state index contributed by atoms with van der Waals surface area (Å²) in [6, 6.07) is 4.04. The first-order valence-corrected chi connectivity index (χ1v) is 9.88. The smallest absolute Gasteiger partial charge is 0.317 e. The van der Waals surface area contributed by atoms with Gasteiger partial charge in [0.25, 0.3) is 0 Å². The molecule has 2 rings (SSSR count). The number of nitrogens with zero attached hydrogens (tertiary/aromatic N) is 2. The molecule has 24 heavy (non-hydrogen) atoms. The van der Waals surface area contributed by atoms with Crippen LogP contribution in [0.5, 0.6) is 0 Å². The zero-order chi connectivity index (χ0) is 17.9. The van der Waals surface area contributed by atoms with Crippen LogP contribution in [0.3, 0.4) is 0 Å². The third-order valence-electron chi connectivity index (χ3n) is 3.93. The van der Waals surface area contributed by atoms with Gasteiger partial charge in [0.1, 0.15) is 0 Å². The fourth-order valence-electron chi connectivity index (χ4n) is 2.51. The number of nitrogens with one attached hydrogen (secondary N) is 1. The van der Waals surface area contributed by atoms with Crippen molar-refractivity contribution >= 4 is 39.1 Å². The van der Waals surface area contributed by atoms with Crippen molar-refractivity contribution in [2.45, 2.75) is 16.6 Å². The molecule has 1 heterocycles. The molecule has 9 heteroatoms. The van der Waals surface area contributed by atoms with Crippen LogP contribution in [0, 0.1) is 0 Å². The molecule has 0 saturated carbocycles. The van der Waals surface area contributed by atoms with Crippen LogP contribution in [0.15, 0.2) is 23.1 Å². The van der Waals surface area contributed by atoms with Crippen molar-refractivity contribution in [2.24, 2.45) is 0 Å². The zero-order valence-electron chi connectivity index (χ0n) is 13.6. The van der Waals surface area contributed by atoms with Crippen LogP contribution in [0.1, 0.15) is 6.42 Å². The van der Waals surface area contributed by atoms with Gasteiger partial charge in [-0.1, -0.05) is 23.2 Å². The number of likely N-dealkylation sites (tertiary alicyclic amines) is 1. The molecule has 0 bridgehead atoms. The number of hydrogen-bond donors (Lipinski definition) is 1. The molecule has 1 unspecified atom stereocenters. The van der Waals surface area contributed by atoms with Crippen LogP contribution in [-0.4, -0.2) is 69.8 Å². The van der Waals surface area contributed by atoms with Gasteiger partial charge in [-0.2, -0.15) is 0 Å². The van der Waals surface area contributed by atoms with Crippen LogP contribution in [0.2, 0.25) is 10.0 Å². The summed E-state index contributed by atoms with van der Waals surface area (Å²) in [5, 5.41) is 2.68. The number of carbonyl (C=O) groups excluding carboxylic acids is 1. The van der Waals surface area contributed by atoms with Crippen molar-refractivity contribution in [1.29, 1.82) is 0 Å². The molecule has 0 aromatic heterocycles. The third-order valence-corrected chi connectivity index (χ3v) is 6.84. The molecular formula is C15H21Cl2N3O3S. The van der Waals surface area contributed by atoms with Crippen molar-refractivity contribution in [3.05, 3.63) is 28.2 Å². The van der Waals surface area contributed by atoms with E-state index in [1.165, 1.54) is 23.1 Å². The van der Waals surface area contributed by atoms with Crippen molar-refractivity contribution in [2.75, 3.05) is 40.3 Å². The Balaban J connectivity index is 2.01. The standard InChI is InChI=1S/C15H21Cl2N3O3S/c1-19(2)8-6-18-15(21)20-7-5-12(10-20)24(22,23)11-3-4-13(16)14(17)9-11/h3-4,9,12H,5-8,10H2,1-2H3,(H,18,21). The highest BCUT2D eigenvalue weighted by molar-refractivity contribution is 7.92. The number of likely N-dealkylation sites (N-methyl/N-ethyl adjacent to an activating group) is 1. The number of hydrogen-bond acceptors (Lipinski definition) is 4. The number of carbonyl (C=O) groups is 1. The fourth-order valence-corrected chi connectivity index (χ4v) is 4.59. The second-order valence-electron chi connectivity index (χ2n) is 6.01. The number of amides is 2. The summed E-state index contributed by atoms with van der Waals surface area (Å²) >= 11 is 11.7. The molecule has 1 aromatic rings. The van der Waals surface area contributed by atoms with Gasteiger partial charge in [-0.25, -0.2) is 13.2 Å². The molecule has 1 atom stereocenters. The molecule has 0 spiro atoms. The Morgan fingerprint density at radius 1 is 1.33 bits per heavy atom. The summed E-state index contributed by atoms with van der Waals surface area (Å²) in [6.07, 6.45) is 0.406. The molecule has 1 N–H and O–H groups in total. The predicted octanol–water partition coefficient (Wildman–Crippen LogP) is 2.11. The zero-order valence-corrected chi connectivity index (χ0v) is 16.0. The Labute approximate surface area is 152 Å². The predicted molar refractivity (Wildman–Crippen MR) is 95.6 cm³/mol. The van der Waals surface area contributed by atoms with Gasteiger partial charge < -0.3 is 15.1 Å². The molecule has 0 radical (unpaired) electrons. The summed E-state index contributed by atoms with van der Waals surface area (Å²) in [5.74, 6) is 0. The van der Waals surface area contributed by atoms with Crippen LogP contribution in [0.25, 0.3) is 0 Å². The summed E-state index contributed by atoms with van der Waals surface area (Å²) in [6.45, 7) is 1.84. The highest BCUT2D eigenvalue weighted by Gasteiger charge is 2.36. The van der Waals surface area contributed by atoms with Gasteiger partial charge in [-0.15, -0.1) is 0 Å². The molecule has 1 saturated heterocycles. The molecule has 134 valence electrons. The monoisotopic (exact) mass is 393 g/mol. The summed E-state index contributed by atoms with van der Waals surface area (Å²) < 4.78 is 25.4. The molecule has 1 aliphatic heterocycles. The van der Waals surface area contributed by atoms with E-state index in [0.29, 0.717) is 24.5 Å². The van der Waals surface area contributed by atoms with Gasteiger partial charge in [0.05, 0.1) is 20.2 Å². The van der Waals surface area contributed by atoms with E-state index in [0.717, 1.165) is 6.54 Å². The van der Waals surface area contributed by atoms with E-state index in [4.69, 9.17) is 23.2 Å². The summed E-state index contributed by atoms with van der Waals surface area (Å²) in [4.78, 5) is 15.7. The topological polar surface area (TPSA) is 69.7 Å².